The van der Waals surface area contributed by atoms with E-state index in [2.05, 4.69) is 11.2 Å². The van der Waals surface area contributed by atoms with Crippen LogP contribution in [0.1, 0.15) is 0 Å². The highest BCUT2D eigenvalue weighted by Gasteiger charge is 2.02. The first-order valence-corrected chi connectivity index (χ1v) is 4.85. The fourth-order valence-electron chi connectivity index (χ4n) is 1.60. The van der Waals surface area contributed by atoms with Crippen molar-refractivity contribution in [3.63, 3.8) is 0 Å². The summed E-state index contributed by atoms with van der Waals surface area (Å²) in [7, 11) is 0. The van der Waals surface area contributed by atoms with E-state index in [-0.39, 0.29) is 0 Å². The first-order valence-electron chi connectivity index (χ1n) is 4.85. The molecule has 0 aliphatic heterocycles. The highest BCUT2D eigenvalue weighted by molar-refractivity contribution is 5.64. The van der Waals surface area contributed by atoms with Crippen molar-refractivity contribution in [2.75, 3.05) is 0 Å². The third-order valence-corrected chi connectivity index (χ3v) is 2.34. The van der Waals surface area contributed by atoms with Gasteiger partial charge >= 0.3 is 0 Å². The van der Waals surface area contributed by atoms with E-state index in [4.69, 9.17) is 0 Å². The molecule has 2 heteroatoms. The largest absolute Gasteiger partial charge is 0.240 e. The topological polar surface area (TPSA) is 17.3 Å². The number of rotatable bonds is 1. The summed E-state index contributed by atoms with van der Waals surface area (Å²) in [6.45, 7) is 0. The van der Waals surface area contributed by atoms with Gasteiger partial charge in [-0.2, -0.15) is 5.10 Å². The molecule has 15 heavy (non-hydrogen) atoms. The van der Waals surface area contributed by atoms with Crippen molar-refractivity contribution in [2.45, 2.75) is 0 Å². The van der Waals surface area contributed by atoms with Gasteiger partial charge in [0.05, 0.1) is 5.52 Å². The minimum Gasteiger partial charge on any atom is -0.240 e. The van der Waals surface area contributed by atoms with Crippen LogP contribution < -0.4 is 0 Å². The number of pyridine rings is 1. The Kier molecular flexibility index (Phi) is 1.78. The molecule has 0 spiro atoms. The van der Waals surface area contributed by atoms with Gasteiger partial charge in [-0.1, -0.05) is 36.4 Å². The molecule has 0 bridgehead atoms. The third kappa shape index (κ3) is 1.40. The minimum atomic E-state index is 0.891. The van der Waals surface area contributed by atoms with Gasteiger partial charge in [0.2, 0.25) is 0 Å². The van der Waals surface area contributed by atoms with Gasteiger partial charge in [-0.3, -0.25) is 0 Å². The summed E-state index contributed by atoms with van der Waals surface area (Å²) in [5, 5.41) is 4.44. The lowest BCUT2D eigenvalue weighted by atomic mass is 10.1. The van der Waals surface area contributed by atoms with Gasteiger partial charge in [0.25, 0.3) is 0 Å². The zero-order valence-corrected chi connectivity index (χ0v) is 8.09. The molecule has 0 N–H and O–H groups in total. The molecule has 0 aliphatic carbocycles. The molecule has 2 heterocycles. The van der Waals surface area contributed by atoms with Gasteiger partial charge in [0.1, 0.15) is 5.69 Å². The van der Waals surface area contributed by atoms with E-state index in [1.807, 2.05) is 59.2 Å². The summed E-state index contributed by atoms with van der Waals surface area (Å²) in [6, 6.07) is 19.3. The van der Waals surface area contributed by atoms with E-state index in [0.717, 1.165) is 16.8 Å². The van der Waals surface area contributed by atoms with Crippen LogP contribution in [-0.4, -0.2) is 9.61 Å². The first kappa shape index (κ1) is 8.24. The van der Waals surface area contributed by atoms with Crippen molar-refractivity contribution in [3.8, 4) is 11.3 Å². The summed E-state index contributed by atoms with van der Waals surface area (Å²) in [5.41, 5.74) is 2.99. The SMILES string of the molecule is [c]1c(-c2ccccc2)nn2ccccc12. The molecule has 3 aromatic rings. The lowest BCUT2D eigenvalue weighted by Gasteiger charge is -1.92. The molecule has 0 fully saturated rings. The number of nitrogens with zero attached hydrogens (tertiary/aromatic N) is 2. The Morgan fingerprint density at radius 3 is 2.53 bits per heavy atom. The second-order valence-corrected chi connectivity index (χ2v) is 3.37. The Labute approximate surface area is 87.8 Å². The van der Waals surface area contributed by atoms with E-state index in [9.17, 15) is 0 Å². The van der Waals surface area contributed by atoms with Gasteiger partial charge in [0, 0.05) is 17.8 Å². The summed E-state index contributed by atoms with van der Waals surface area (Å²) >= 11 is 0. The molecule has 0 amide bonds. The predicted molar refractivity (Wildman–Crippen MR) is 59.5 cm³/mol. The molecule has 0 aliphatic rings. The van der Waals surface area contributed by atoms with Crippen molar-refractivity contribution in [1.82, 2.24) is 9.61 Å². The Morgan fingerprint density at radius 1 is 0.933 bits per heavy atom. The Hall–Kier alpha value is -2.09. The average molecular weight is 193 g/mol. The maximum absolute atomic E-state index is 4.44. The van der Waals surface area contributed by atoms with E-state index < -0.39 is 0 Å². The van der Waals surface area contributed by atoms with Crippen LogP contribution in [0.2, 0.25) is 0 Å². The molecule has 0 atom stereocenters. The number of hydrogen-bond acceptors (Lipinski definition) is 1. The second kappa shape index (κ2) is 3.24. The molecule has 0 saturated carbocycles. The van der Waals surface area contributed by atoms with Crippen molar-refractivity contribution in [2.24, 2.45) is 0 Å². The van der Waals surface area contributed by atoms with Gasteiger partial charge < -0.3 is 0 Å². The van der Waals surface area contributed by atoms with Crippen LogP contribution in [-0.2, 0) is 0 Å². The summed E-state index contributed by atoms with van der Waals surface area (Å²) in [5.74, 6) is 0. The summed E-state index contributed by atoms with van der Waals surface area (Å²) < 4.78 is 1.84. The van der Waals surface area contributed by atoms with E-state index in [0.29, 0.717) is 0 Å². The van der Waals surface area contributed by atoms with Crippen LogP contribution >= 0.6 is 0 Å². The molecule has 1 aromatic carbocycles. The molecule has 2 nitrogen and oxygen atoms in total. The fraction of sp³-hybridized carbons (Fsp3) is 0. The van der Waals surface area contributed by atoms with Crippen LogP contribution in [0.15, 0.2) is 54.7 Å². The molecule has 2 aromatic heterocycles. The second-order valence-electron chi connectivity index (χ2n) is 3.37. The fourth-order valence-corrected chi connectivity index (χ4v) is 1.60. The molecular weight excluding hydrogens is 184 g/mol. The molecule has 71 valence electrons. The van der Waals surface area contributed by atoms with Crippen molar-refractivity contribution in [1.29, 1.82) is 0 Å². The number of hydrogen-bond donors (Lipinski definition) is 0. The Bertz CT molecular complexity index is 549. The maximum atomic E-state index is 4.44. The van der Waals surface area contributed by atoms with Gasteiger partial charge in [0.15, 0.2) is 0 Å². The van der Waals surface area contributed by atoms with E-state index in [1.54, 1.807) is 0 Å². The number of benzene rings is 1. The highest BCUT2D eigenvalue weighted by Crippen LogP contribution is 2.17. The van der Waals surface area contributed by atoms with Crippen molar-refractivity contribution in [3.05, 3.63) is 60.8 Å². The average Bonchev–Trinajstić information content (AvgIpc) is 2.74. The molecular formula is C13H9N2. The number of aromatic nitrogens is 2. The van der Waals surface area contributed by atoms with Crippen LogP contribution in [0.4, 0.5) is 0 Å². The molecule has 1 radical (unpaired) electrons. The highest BCUT2D eigenvalue weighted by atomic mass is 15.2. The van der Waals surface area contributed by atoms with Gasteiger partial charge in [-0.05, 0) is 12.1 Å². The van der Waals surface area contributed by atoms with E-state index in [1.165, 1.54) is 0 Å². The van der Waals surface area contributed by atoms with E-state index >= 15 is 0 Å². The zero-order valence-electron chi connectivity index (χ0n) is 8.09. The lowest BCUT2D eigenvalue weighted by molar-refractivity contribution is 0.966. The molecule has 0 saturated heterocycles. The molecule has 3 rings (SSSR count). The summed E-state index contributed by atoms with van der Waals surface area (Å²) in [6.07, 6.45) is 1.93. The third-order valence-electron chi connectivity index (χ3n) is 2.34. The lowest BCUT2D eigenvalue weighted by Crippen LogP contribution is -1.84. The van der Waals surface area contributed by atoms with Crippen molar-refractivity contribution < 1.29 is 0 Å². The quantitative estimate of drug-likeness (QED) is 0.581. The normalized spacial score (nSPS) is 10.7. The number of fused-ring (bicyclic) bond motifs is 1. The van der Waals surface area contributed by atoms with Crippen LogP contribution in [0.3, 0.4) is 0 Å². The van der Waals surface area contributed by atoms with Crippen LogP contribution in [0, 0.1) is 6.07 Å². The standard InChI is InChI=1S/C13H9N2/c1-2-6-11(7-3-1)13-10-12-8-4-5-9-15(12)14-13/h1-9H. The predicted octanol–water partition coefficient (Wildman–Crippen LogP) is 2.80. The maximum Gasteiger partial charge on any atom is 0.101 e. The Balaban J connectivity index is 2.21. The van der Waals surface area contributed by atoms with Crippen LogP contribution in [0.5, 0.6) is 0 Å². The van der Waals surface area contributed by atoms with Gasteiger partial charge in [-0.15, -0.1) is 0 Å². The minimum absolute atomic E-state index is 0.891. The zero-order chi connectivity index (χ0) is 10.1. The first-order chi connectivity index (χ1) is 7.43. The monoisotopic (exact) mass is 193 g/mol. The smallest absolute Gasteiger partial charge is 0.101 e. The Morgan fingerprint density at radius 2 is 1.73 bits per heavy atom. The summed E-state index contributed by atoms with van der Waals surface area (Å²) in [4.78, 5) is 0. The van der Waals surface area contributed by atoms with Crippen LogP contribution in [0.25, 0.3) is 16.8 Å². The van der Waals surface area contributed by atoms with Gasteiger partial charge in [-0.25, -0.2) is 4.52 Å². The molecule has 0 unspecified atom stereocenters. The van der Waals surface area contributed by atoms with Crippen molar-refractivity contribution >= 4 is 5.52 Å².